The molecule has 0 fully saturated rings. The molecule has 4 rings (SSSR count). The second-order valence-electron chi connectivity index (χ2n) is 7.57. The van der Waals surface area contributed by atoms with E-state index in [1.165, 1.54) is 10.9 Å². The second-order valence-corrected chi connectivity index (χ2v) is 8.57. The third-order valence-electron chi connectivity index (χ3n) is 5.36. The summed E-state index contributed by atoms with van der Waals surface area (Å²) in [6.45, 7) is 5.83. The summed E-state index contributed by atoms with van der Waals surface area (Å²) < 4.78 is 11.8. The number of aryl methyl sites for hydroxylation is 1. The van der Waals surface area contributed by atoms with Crippen molar-refractivity contribution in [3.63, 3.8) is 0 Å². The summed E-state index contributed by atoms with van der Waals surface area (Å²) in [6.07, 6.45) is 2.07. The zero-order chi connectivity index (χ0) is 23.7. The largest absolute Gasteiger partial charge is 0.482 e. The lowest BCUT2D eigenvalue weighted by atomic mass is 10.1. The molecule has 1 amide bonds. The summed E-state index contributed by atoms with van der Waals surface area (Å²) in [7, 11) is 0. The Morgan fingerprint density at radius 2 is 2.03 bits per heavy atom. The predicted octanol–water partition coefficient (Wildman–Crippen LogP) is 2.96. The lowest BCUT2D eigenvalue weighted by Crippen LogP contribution is -2.39. The fourth-order valence-electron chi connectivity index (χ4n) is 3.75. The smallest absolute Gasteiger partial charge is 0.348 e. The molecule has 3 aromatic rings. The molecular weight excluding hydrogens is 446 g/mol. The molecule has 0 bridgehead atoms. The highest BCUT2D eigenvalue weighted by atomic mass is 32.1. The summed E-state index contributed by atoms with van der Waals surface area (Å²) in [5.74, 6) is -0.429. The van der Waals surface area contributed by atoms with Crippen molar-refractivity contribution in [1.82, 2.24) is 9.55 Å². The Balaban J connectivity index is 1.65. The highest BCUT2D eigenvalue weighted by Crippen LogP contribution is 2.33. The fourth-order valence-corrected chi connectivity index (χ4v) is 4.79. The Morgan fingerprint density at radius 3 is 2.76 bits per heavy atom. The first-order valence-corrected chi connectivity index (χ1v) is 11.4. The van der Waals surface area contributed by atoms with Crippen molar-refractivity contribution in [3.8, 4) is 5.75 Å². The Hall–Kier alpha value is -3.53. The molecule has 2 aromatic heterocycles. The number of ether oxygens (including phenoxy) is 2. The number of hydrogen-bond donors (Lipinski definition) is 0. The minimum Gasteiger partial charge on any atom is -0.482 e. The number of nitrogens with zero attached hydrogens (tertiary/aromatic N) is 3. The van der Waals surface area contributed by atoms with E-state index in [0.717, 1.165) is 17.8 Å². The number of fused-ring (bicyclic) bond motifs is 2. The van der Waals surface area contributed by atoms with Gasteiger partial charge in [0.05, 0.1) is 30.6 Å². The topological polar surface area (TPSA) is 108 Å². The third kappa shape index (κ3) is 4.13. The maximum absolute atomic E-state index is 13.1. The molecule has 1 aliphatic rings. The first-order valence-electron chi connectivity index (χ1n) is 10.6. The van der Waals surface area contributed by atoms with Crippen molar-refractivity contribution in [2.24, 2.45) is 0 Å². The molecule has 0 aliphatic carbocycles. The number of esters is 1. The van der Waals surface area contributed by atoms with Crippen LogP contribution in [0.15, 0.2) is 29.3 Å². The molecule has 33 heavy (non-hydrogen) atoms. The van der Waals surface area contributed by atoms with Gasteiger partial charge in [0.15, 0.2) is 12.4 Å². The molecule has 9 nitrogen and oxygen atoms in total. The first kappa shape index (κ1) is 22.7. The molecule has 1 aliphatic heterocycles. The van der Waals surface area contributed by atoms with E-state index in [2.05, 4.69) is 4.98 Å². The third-order valence-corrected chi connectivity index (χ3v) is 6.54. The lowest BCUT2D eigenvalue weighted by Gasteiger charge is -2.29. The van der Waals surface area contributed by atoms with Crippen LogP contribution in [-0.4, -0.2) is 47.0 Å². The Labute approximate surface area is 193 Å². The molecule has 0 spiro atoms. The van der Waals surface area contributed by atoms with Gasteiger partial charge in [0.25, 0.3) is 11.5 Å². The average Bonchev–Trinajstić information content (AvgIpc) is 3.14. The number of benzene rings is 1. The number of hydrogen-bond acceptors (Lipinski definition) is 8. The van der Waals surface area contributed by atoms with Crippen LogP contribution in [0.2, 0.25) is 0 Å². The van der Waals surface area contributed by atoms with Crippen LogP contribution < -0.4 is 15.2 Å². The number of ketones is 1. The van der Waals surface area contributed by atoms with E-state index in [1.807, 2.05) is 6.92 Å². The van der Waals surface area contributed by atoms with Gasteiger partial charge >= 0.3 is 5.97 Å². The lowest BCUT2D eigenvalue weighted by molar-refractivity contribution is -0.121. The van der Waals surface area contributed by atoms with Crippen LogP contribution in [0, 0.1) is 6.92 Å². The highest BCUT2D eigenvalue weighted by molar-refractivity contribution is 7.20. The van der Waals surface area contributed by atoms with Gasteiger partial charge in [-0.1, -0.05) is 6.92 Å². The van der Waals surface area contributed by atoms with Crippen LogP contribution >= 0.6 is 11.3 Å². The standard InChI is InChI=1S/C23H23N3O6S/c1-4-8-26-15-9-14(6-7-17(15)32-11-18(26)28)16(27)10-25-12-24-21-19(22(25)29)13(3)20(33-21)23(30)31-5-2/h6-7,9,12H,4-5,8,10-11H2,1-3H3. The number of amides is 1. The molecule has 0 unspecified atom stereocenters. The molecule has 0 radical (unpaired) electrons. The monoisotopic (exact) mass is 469 g/mol. The van der Waals surface area contributed by atoms with E-state index in [4.69, 9.17) is 9.47 Å². The number of carbonyl (C=O) groups excluding carboxylic acids is 3. The van der Waals surface area contributed by atoms with Gasteiger partial charge in [-0.15, -0.1) is 11.3 Å². The number of aromatic nitrogens is 2. The van der Waals surface area contributed by atoms with Gasteiger partial charge in [-0.25, -0.2) is 9.78 Å². The van der Waals surface area contributed by atoms with Gasteiger partial charge in [0, 0.05) is 12.1 Å². The molecule has 3 heterocycles. The highest BCUT2D eigenvalue weighted by Gasteiger charge is 2.26. The number of carbonyl (C=O) groups is 3. The summed E-state index contributed by atoms with van der Waals surface area (Å²) in [6, 6.07) is 4.90. The van der Waals surface area contributed by atoms with Crippen molar-refractivity contribution in [3.05, 3.63) is 50.9 Å². The zero-order valence-electron chi connectivity index (χ0n) is 18.5. The van der Waals surface area contributed by atoms with Crippen LogP contribution in [0.25, 0.3) is 10.2 Å². The van der Waals surface area contributed by atoms with Crippen LogP contribution in [0.5, 0.6) is 5.75 Å². The zero-order valence-corrected chi connectivity index (χ0v) is 19.4. The Bertz CT molecular complexity index is 1330. The van der Waals surface area contributed by atoms with Gasteiger partial charge in [-0.3, -0.25) is 19.0 Å². The normalized spacial score (nSPS) is 13.1. The van der Waals surface area contributed by atoms with Crippen LogP contribution in [-0.2, 0) is 16.1 Å². The SMILES string of the molecule is CCCN1C(=O)COc2ccc(C(=O)Cn3cnc4sc(C(=O)OCC)c(C)c4c3=O)cc21. The summed E-state index contributed by atoms with van der Waals surface area (Å²) in [5, 5.41) is 0.303. The minimum absolute atomic E-state index is 0.0326. The van der Waals surface area contributed by atoms with Crippen molar-refractivity contribution < 1.29 is 23.9 Å². The maximum atomic E-state index is 13.1. The fraction of sp³-hybridized carbons (Fsp3) is 0.348. The summed E-state index contributed by atoms with van der Waals surface area (Å²) in [4.78, 5) is 57.1. The van der Waals surface area contributed by atoms with Crippen molar-refractivity contribution >= 4 is 44.9 Å². The van der Waals surface area contributed by atoms with Gasteiger partial charge in [0.2, 0.25) is 0 Å². The molecule has 172 valence electrons. The number of anilines is 1. The Morgan fingerprint density at radius 1 is 1.24 bits per heavy atom. The number of rotatable bonds is 7. The minimum atomic E-state index is -0.498. The number of thiophene rings is 1. The molecule has 0 saturated heterocycles. The van der Waals surface area contributed by atoms with E-state index < -0.39 is 11.5 Å². The first-order chi connectivity index (χ1) is 15.8. The van der Waals surface area contributed by atoms with Gasteiger partial charge in [-0.05, 0) is 44.0 Å². The summed E-state index contributed by atoms with van der Waals surface area (Å²) >= 11 is 1.10. The van der Waals surface area contributed by atoms with E-state index in [-0.39, 0.29) is 31.4 Å². The quantitative estimate of drug-likeness (QED) is 0.387. The molecule has 0 saturated carbocycles. The van der Waals surface area contributed by atoms with Crippen molar-refractivity contribution in [2.75, 3.05) is 24.7 Å². The number of Topliss-reactive ketones (excluding diaryl/α,β-unsaturated/α-hetero) is 1. The van der Waals surface area contributed by atoms with Crippen LogP contribution in [0.4, 0.5) is 5.69 Å². The van der Waals surface area contributed by atoms with E-state index in [1.54, 1.807) is 36.9 Å². The van der Waals surface area contributed by atoms with Crippen molar-refractivity contribution in [2.45, 2.75) is 33.7 Å². The molecule has 10 heteroatoms. The maximum Gasteiger partial charge on any atom is 0.348 e. The van der Waals surface area contributed by atoms with Gasteiger partial charge in [0.1, 0.15) is 15.5 Å². The van der Waals surface area contributed by atoms with E-state index in [0.29, 0.717) is 44.2 Å². The molecule has 0 N–H and O–H groups in total. The summed E-state index contributed by atoms with van der Waals surface area (Å²) in [5.41, 5.74) is 0.996. The Kier molecular flexibility index (Phi) is 6.28. The average molecular weight is 470 g/mol. The molecule has 1 aromatic carbocycles. The molecular formula is C23H23N3O6S. The van der Waals surface area contributed by atoms with Gasteiger partial charge in [-0.2, -0.15) is 0 Å². The second kappa shape index (κ2) is 9.14. The van der Waals surface area contributed by atoms with E-state index >= 15 is 0 Å². The van der Waals surface area contributed by atoms with Crippen LogP contribution in [0.3, 0.4) is 0 Å². The van der Waals surface area contributed by atoms with E-state index in [9.17, 15) is 19.2 Å². The van der Waals surface area contributed by atoms with Crippen molar-refractivity contribution in [1.29, 1.82) is 0 Å². The van der Waals surface area contributed by atoms with Gasteiger partial charge < -0.3 is 14.4 Å². The predicted molar refractivity (Wildman–Crippen MR) is 123 cm³/mol. The van der Waals surface area contributed by atoms with Crippen LogP contribution in [0.1, 0.15) is 45.9 Å². The molecule has 0 atom stereocenters.